The molecule has 0 amide bonds. The normalized spacial score (nSPS) is 11.0. The average molecular weight is 388 g/mol. The van der Waals surface area contributed by atoms with Gasteiger partial charge in [-0.3, -0.25) is 9.89 Å². The molecule has 2 aromatic carbocycles. The number of hydrogen-bond donors (Lipinski definition) is 3. The molecule has 0 aliphatic rings. The molecule has 3 N–H and O–H groups in total. The SMILES string of the molecule is CCc1ccc(NCc2cc(=O)n3[nH]c(NCc4ccc(C)cc4)nc3n2)cc1. The molecule has 0 aliphatic heterocycles. The number of fused-ring (bicyclic) bond motifs is 1. The van der Waals surface area contributed by atoms with Crippen LogP contribution >= 0.6 is 0 Å². The zero-order chi connectivity index (χ0) is 20.2. The first-order valence-corrected chi connectivity index (χ1v) is 9.71. The summed E-state index contributed by atoms with van der Waals surface area (Å²) in [7, 11) is 0. The Hall–Kier alpha value is -3.61. The molecular weight excluding hydrogens is 364 g/mol. The Balaban J connectivity index is 1.46. The highest BCUT2D eigenvalue weighted by Gasteiger charge is 2.08. The van der Waals surface area contributed by atoms with Crippen LogP contribution in [0.15, 0.2) is 59.4 Å². The fraction of sp³-hybridized carbons (Fsp3) is 0.227. The van der Waals surface area contributed by atoms with Gasteiger partial charge in [0.2, 0.25) is 5.95 Å². The number of aromatic nitrogens is 4. The summed E-state index contributed by atoms with van der Waals surface area (Å²) in [6.45, 7) is 5.25. The van der Waals surface area contributed by atoms with Gasteiger partial charge in [0, 0.05) is 18.3 Å². The summed E-state index contributed by atoms with van der Waals surface area (Å²) >= 11 is 0. The molecule has 0 fully saturated rings. The maximum Gasteiger partial charge on any atom is 0.274 e. The first-order chi connectivity index (χ1) is 14.1. The minimum Gasteiger partial charge on any atom is -0.379 e. The molecule has 0 bridgehead atoms. The van der Waals surface area contributed by atoms with Crippen LogP contribution in [0.25, 0.3) is 5.78 Å². The Morgan fingerprint density at radius 3 is 2.38 bits per heavy atom. The summed E-state index contributed by atoms with van der Waals surface area (Å²) in [6.07, 6.45) is 1.01. The van der Waals surface area contributed by atoms with Crippen LogP contribution in [0.2, 0.25) is 0 Å². The number of nitrogens with one attached hydrogen (secondary N) is 3. The maximum atomic E-state index is 12.4. The summed E-state index contributed by atoms with van der Waals surface area (Å²) in [5, 5.41) is 9.46. The van der Waals surface area contributed by atoms with Crippen molar-refractivity contribution in [2.45, 2.75) is 33.4 Å². The number of anilines is 2. The van der Waals surface area contributed by atoms with E-state index in [0.29, 0.717) is 30.5 Å². The zero-order valence-corrected chi connectivity index (χ0v) is 16.6. The highest BCUT2D eigenvalue weighted by molar-refractivity contribution is 5.45. The standard InChI is InChI=1S/C22H24N6O/c1-3-16-8-10-18(11-9-16)23-14-19-12-20(29)28-22(25-19)26-21(27-28)24-13-17-6-4-15(2)5-7-17/h4-12,23H,3,13-14H2,1-2H3,(H2,24,25,26,27). The van der Waals surface area contributed by atoms with Gasteiger partial charge in [-0.1, -0.05) is 48.9 Å². The van der Waals surface area contributed by atoms with Crippen molar-refractivity contribution in [2.24, 2.45) is 0 Å². The summed E-state index contributed by atoms with van der Waals surface area (Å²) in [5.74, 6) is 0.859. The van der Waals surface area contributed by atoms with Gasteiger partial charge >= 0.3 is 0 Å². The largest absolute Gasteiger partial charge is 0.379 e. The molecule has 0 radical (unpaired) electrons. The van der Waals surface area contributed by atoms with E-state index in [4.69, 9.17) is 0 Å². The number of H-pyrrole nitrogens is 1. The van der Waals surface area contributed by atoms with Crippen molar-refractivity contribution in [2.75, 3.05) is 10.6 Å². The van der Waals surface area contributed by atoms with Crippen LogP contribution in [0, 0.1) is 6.92 Å². The lowest BCUT2D eigenvalue weighted by Gasteiger charge is -2.06. The molecule has 29 heavy (non-hydrogen) atoms. The number of hydrogen-bond acceptors (Lipinski definition) is 5. The van der Waals surface area contributed by atoms with Crippen LogP contribution in [-0.4, -0.2) is 19.6 Å². The maximum absolute atomic E-state index is 12.4. The number of benzene rings is 2. The van der Waals surface area contributed by atoms with E-state index in [1.807, 2.05) is 12.1 Å². The molecule has 0 unspecified atom stereocenters. The molecule has 0 saturated heterocycles. The minimum absolute atomic E-state index is 0.191. The third kappa shape index (κ3) is 4.45. The molecule has 7 heteroatoms. The predicted molar refractivity (Wildman–Crippen MR) is 115 cm³/mol. The van der Waals surface area contributed by atoms with E-state index in [2.05, 4.69) is 75.9 Å². The predicted octanol–water partition coefficient (Wildman–Crippen LogP) is 3.51. The van der Waals surface area contributed by atoms with Gasteiger partial charge in [0.25, 0.3) is 11.3 Å². The van der Waals surface area contributed by atoms with Gasteiger partial charge in [0.15, 0.2) is 0 Å². The van der Waals surface area contributed by atoms with Crippen LogP contribution in [0.5, 0.6) is 0 Å². The zero-order valence-electron chi connectivity index (χ0n) is 16.6. The molecule has 7 nitrogen and oxygen atoms in total. The van der Waals surface area contributed by atoms with Crippen LogP contribution in [0.3, 0.4) is 0 Å². The van der Waals surface area contributed by atoms with E-state index in [-0.39, 0.29) is 5.56 Å². The van der Waals surface area contributed by atoms with E-state index in [0.717, 1.165) is 17.7 Å². The molecule has 0 atom stereocenters. The summed E-state index contributed by atoms with van der Waals surface area (Å²) in [4.78, 5) is 21.3. The minimum atomic E-state index is -0.191. The van der Waals surface area contributed by atoms with Gasteiger partial charge in [-0.05, 0) is 36.6 Å². The van der Waals surface area contributed by atoms with E-state index in [1.54, 1.807) is 0 Å². The first-order valence-electron chi connectivity index (χ1n) is 9.71. The monoisotopic (exact) mass is 388 g/mol. The van der Waals surface area contributed by atoms with Crippen LogP contribution in [0.1, 0.15) is 29.3 Å². The third-order valence-electron chi connectivity index (χ3n) is 4.80. The van der Waals surface area contributed by atoms with Gasteiger partial charge in [0.1, 0.15) is 0 Å². The van der Waals surface area contributed by atoms with Gasteiger partial charge in [-0.2, -0.15) is 9.50 Å². The molecule has 148 valence electrons. The van der Waals surface area contributed by atoms with Crippen molar-refractivity contribution < 1.29 is 0 Å². The Morgan fingerprint density at radius 1 is 0.931 bits per heavy atom. The van der Waals surface area contributed by atoms with Crippen molar-refractivity contribution in [3.05, 3.63) is 87.3 Å². The van der Waals surface area contributed by atoms with Gasteiger partial charge in [0.05, 0.1) is 12.2 Å². The fourth-order valence-corrected chi connectivity index (χ4v) is 3.04. The molecule has 0 saturated carbocycles. The molecule has 2 aromatic heterocycles. The van der Waals surface area contributed by atoms with E-state index in [9.17, 15) is 4.79 Å². The van der Waals surface area contributed by atoms with Crippen LogP contribution < -0.4 is 16.2 Å². The van der Waals surface area contributed by atoms with E-state index >= 15 is 0 Å². The Kier molecular flexibility index (Phi) is 5.29. The van der Waals surface area contributed by atoms with E-state index in [1.165, 1.54) is 21.7 Å². The Labute approximate surface area is 168 Å². The number of aromatic amines is 1. The van der Waals surface area contributed by atoms with Gasteiger partial charge in [-0.25, -0.2) is 4.98 Å². The molecule has 0 aliphatic carbocycles. The van der Waals surface area contributed by atoms with Crippen molar-refractivity contribution in [1.82, 2.24) is 19.6 Å². The second kappa shape index (κ2) is 8.18. The van der Waals surface area contributed by atoms with Crippen molar-refractivity contribution in [1.29, 1.82) is 0 Å². The Morgan fingerprint density at radius 2 is 1.66 bits per heavy atom. The average Bonchev–Trinajstić information content (AvgIpc) is 3.16. The Bertz CT molecular complexity index is 1160. The highest BCUT2D eigenvalue weighted by atomic mass is 16.1. The lowest BCUT2D eigenvalue weighted by molar-refractivity contribution is 0.874. The van der Waals surface area contributed by atoms with Crippen molar-refractivity contribution >= 4 is 17.4 Å². The van der Waals surface area contributed by atoms with Gasteiger partial charge < -0.3 is 10.6 Å². The topological polar surface area (TPSA) is 87.1 Å². The molecule has 2 heterocycles. The third-order valence-corrected chi connectivity index (χ3v) is 4.80. The summed E-state index contributed by atoms with van der Waals surface area (Å²) in [6, 6.07) is 18.0. The number of aryl methyl sites for hydroxylation is 2. The highest BCUT2D eigenvalue weighted by Crippen LogP contribution is 2.11. The van der Waals surface area contributed by atoms with Gasteiger partial charge in [-0.15, -0.1) is 0 Å². The first kappa shape index (κ1) is 18.7. The van der Waals surface area contributed by atoms with Crippen LogP contribution in [-0.2, 0) is 19.5 Å². The molecule has 4 rings (SSSR count). The lowest BCUT2D eigenvalue weighted by Crippen LogP contribution is -2.17. The number of rotatable bonds is 7. The second-order valence-electron chi connectivity index (χ2n) is 7.04. The molecular formula is C22H24N6O. The fourth-order valence-electron chi connectivity index (χ4n) is 3.04. The van der Waals surface area contributed by atoms with Crippen molar-refractivity contribution in [3.63, 3.8) is 0 Å². The summed E-state index contributed by atoms with van der Waals surface area (Å²) in [5.41, 5.74) is 5.09. The van der Waals surface area contributed by atoms with Crippen molar-refractivity contribution in [3.8, 4) is 0 Å². The number of nitrogens with zero attached hydrogens (tertiary/aromatic N) is 3. The second-order valence-corrected chi connectivity index (χ2v) is 7.04. The molecule has 4 aromatic rings. The quantitative estimate of drug-likeness (QED) is 0.451. The summed E-state index contributed by atoms with van der Waals surface area (Å²) < 4.78 is 1.34. The van der Waals surface area contributed by atoms with Crippen LogP contribution in [0.4, 0.5) is 11.6 Å². The molecule has 0 spiro atoms. The van der Waals surface area contributed by atoms with E-state index < -0.39 is 0 Å². The smallest absolute Gasteiger partial charge is 0.274 e. The lowest BCUT2D eigenvalue weighted by atomic mass is 10.1.